The van der Waals surface area contributed by atoms with E-state index in [1.54, 1.807) is 23.3 Å². The molecule has 0 aliphatic heterocycles. The molecule has 0 saturated heterocycles. The Kier molecular flexibility index (Phi) is 2.35. The second-order valence-electron chi connectivity index (χ2n) is 3.13. The van der Waals surface area contributed by atoms with Gasteiger partial charge in [-0.25, -0.2) is 4.98 Å². The van der Waals surface area contributed by atoms with Crippen LogP contribution in [0.25, 0.3) is 0 Å². The zero-order valence-corrected chi connectivity index (χ0v) is 8.82. The third-order valence-corrected chi connectivity index (χ3v) is 2.91. The van der Waals surface area contributed by atoms with Gasteiger partial charge in [-0.1, -0.05) is 0 Å². The third kappa shape index (κ3) is 1.69. The fraction of sp³-hybridized carbons (Fsp3) is 0.333. The van der Waals surface area contributed by atoms with Gasteiger partial charge in [-0.05, 0) is 6.92 Å². The van der Waals surface area contributed by atoms with Gasteiger partial charge >= 0.3 is 0 Å². The molecular formula is C9H11N3OS. The summed E-state index contributed by atoms with van der Waals surface area (Å²) in [6.07, 6.45) is 4.58. The summed E-state index contributed by atoms with van der Waals surface area (Å²) in [5.41, 5.74) is 0.802. The molecule has 5 heteroatoms. The highest BCUT2D eigenvalue weighted by molar-refractivity contribution is 7.11. The van der Waals surface area contributed by atoms with Crippen LogP contribution in [-0.4, -0.2) is 19.9 Å². The quantitative estimate of drug-likeness (QED) is 0.810. The van der Waals surface area contributed by atoms with Crippen LogP contribution in [0.3, 0.4) is 0 Å². The molecule has 0 aliphatic rings. The smallest absolute Gasteiger partial charge is 0.118 e. The van der Waals surface area contributed by atoms with Gasteiger partial charge in [0.2, 0.25) is 0 Å². The summed E-state index contributed by atoms with van der Waals surface area (Å²) in [6.45, 7) is 1.92. The van der Waals surface area contributed by atoms with Gasteiger partial charge in [-0.15, -0.1) is 11.3 Å². The van der Waals surface area contributed by atoms with E-state index in [2.05, 4.69) is 10.1 Å². The molecule has 4 nitrogen and oxygen atoms in total. The van der Waals surface area contributed by atoms with Crippen LogP contribution >= 0.6 is 11.3 Å². The monoisotopic (exact) mass is 209 g/mol. The number of aliphatic hydroxyl groups excluding tert-OH is 1. The van der Waals surface area contributed by atoms with Crippen molar-refractivity contribution in [3.05, 3.63) is 34.0 Å². The van der Waals surface area contributed by atoms with Crippen molar-refractivity contribution in [3.63, 3.8) is 0 Å². The minimum Gasteiger partial charge on any atom is -0.383 e. The summed E-state index contributed by atoms with van der Waals surface area (Å²) in [5, 5.41) is 14.9. The number of hydrogen-bond acceptors (Lipinski definition) is 4. The van der Waals surface area contributed by atoms with Crippen molar-refractivity contribution in [2.45, 2.75) is 13.0 Å². The molecule has 0 fully saturated rings. The Labute approximate surface area is 85.8 Å². The third-order valence-electron chi connectivity index (χ3n) is 1.95. The molecule has 0 amide bonds. The Hall–Kier alpha value is -1.20. The lowest BCUT2D eigenvalue weighted by Gasteiger charge is -2.03. The summed E-state index contributed by atoms with van der Waals surface area (Å²) in [5.74, 6) is 0. The SMILES string of the molecule is Cc1ncc(C(O)c2cnn(C)c2)s1. The molecule has 0 aromatic carbocycles. The van der Waals surface area contributed by atoms with Crippen LogP contribution in [-0.2, 0) is 7.05 Å². The summed E-state index contributed by atoms with van der Waals surface area (Å²) in [6, 6.07) is 0. The van der Waals surface area contributed by atoms with Crippen molar-refractivity contribution >= 4 is 11.3 Å². The minimum absolute atomic E-state index is 0.602. The molecule has 74 valence electrons. The zero-order valence-electron chi connectivity index (χ0n) is 8.01. The maximum Gasteiger partial charge on any atom is 0.118 e. The Balaban J connectivity index is 2.28. The lowest BCUT2D eigenvalue weighted by molar-refractivity contribution is 0.224. The fourth-order valence-electron chi connectivity index (χ4n) is 1.25. The zero-order chi connectivity index (χ0) is 10.1. The van der Waals surface area contributed by atoms with Crippen LogP contribution in [0.15, 0.2) is 18.6 Å². The average molecular weight is 209 g/mol. The fourth-order valence-corrected chi connectivity index (χ4v) is 2.05. The molecule has 1 unspecified atom stereocenters. The molecule has 0 saturated carbocycles. The molecule has 2 aromatic heterocycles. The molecule has 0 aliphatic carbocycles. The summed E-state index contributed by atoms with van der Waals surface area (Å²) in [7, 11) is 1.83. The van der Waals surface area contributed by atoms with Crippen LogP contribution in [0, 0.1) is 6.92 Å². The highest BCUT2D eigenvalue weighted by atomic mass is 32.1. The number of aliphatic hydroxyl groups is 1. The number of hydrogen-bond donors (Lipinski definition) is 1. The van der Waals surface area contributed by atoms with Crippen LogP contribution in [0.5, 0.6) is 0 Å². The second-order valence-corrected chi connectivity index (χ2v) is 4.40. The Morgan fingerprint density at radius 2 is 2.29 bits per heavy atom. The summed E-state index contributed by atoms with van der Waals surface area (Å²) >= 11 is 1.50. The predicted octanol–water partition coefficient (Wildman–Crippen LogP) is 1.27. The number of aryl methyl sites for hydroxylation is 2. The maximum absolute atomic E-state index is 9.94. The van der Waals surface area contributed by atoms with Crippen molar-refractivity contribution < 1.29 is 5.11 Å². The van der Waals surface area contributed by atoms with Crippen molar-refractivity contribution in [1.29, 1.82) is 0 Å². The first-order valence-corrected chi connectivity index (χ1v) is 5.07. The maximum atomic E-state index is 9.94. The van der Waals surface area contributed by atoms with Gasteiger partial charge in [-0.3, -0.25) is 4.68 Å². The molecule has 1 N–H and O–H groups in total. The van der Waals surface area contributed by atoms with Gasteiger partial charge < -0.3 is 5.11 Å². The molecule has 2 aromatic rings. The van der Waals surface area contributed by atoms with Crippen LogP contribution in [0.1, 0.15) is 21.6 Å². The van der Waals surface area contributed by atoms with Crippen molar-refractivity contribution in [1.82, 2.24) is 14.8 Å². The van der Waals surface area contributed by atoms with Crippen LogP contribution < -0.4 is 0 Å². The van der Waals surface area contributed by atoms with E-state index in [0.29, 0.717) is 0 Å². The first kappa shape index (κ1) is 9.36. The lowest BCUT2D eigenvalue weighted by Crippen LogP contribution is -1.95. The molecule has 0 radical (unpaired) electrons. The van der Waals surface area contributed by atoms with E-state index < -0.39 is 6.10 Å². The van der Waals surface area contributed by atoms with Gasteiger partial charge in [0.25, 0.3) is 0 Å². The molecule has 2 rings (SSSR count). The lowest BCUT2D eigenvalue weighted by atomic mass is 10.2. The predicted molar refractivity (Wildman–Crippen MR) is 54.1 cm³/mol. The van der Waals surface area contributed by atoms with Gasteiger partial charge in [0.15, 0.2) is 0 Å². The van der Waals surface area contributed by atoms with E-state index in [0.717, 1.165) is 15.4 Å². The van der Waals surface area contributed by atoms with Gasteiger partial charge in [0.05, 0.1) is 16.1 Å². The Morgan fingerprint density at radius 3 is 2.79 bits per heavy atom. The highest BCUT2D eigenvalue weighted by Gasteiger charge is 2.14. The van der Waals surface area contributed by atoms with Crippen LogP contribution in [0.2, 0.25) is 0 Å². The van der Waals surface area contributed by atoms with E-state index in [4.69, 9.17) is 0 Å². The van der Waals surface area contributed by atoms with E-state index in [-0.39, 0.29) is 0 Å². The van der Waals surface area contributed by atoms with Gasteiger partial charge in [0.1, 0.15) is 6.10 Å². The molecule has 0 bridgehead atoms. The molecular weight excluding hydrogens is 198 g/mol. The Bertz CT molecular complexity index is 394. The molecule has 14 heavy (non-hydrogen) atoms. The first-order valence-electron chi connectivity index (χ1n) is 4.26. The normalized spacial score (nSPS) is 13.1. The molecule has 0 spiro atoms. The summed E-state index contributed by atoms with van der Waals surface area (Å²) in [4.78, 5) is 4.96. The van der Waals surface area contributed by atoms with E-state index in [9.17, 15) is 5.11 Å². The minimum atomic E-state index is -0.602. The van der Waals surface area contributed by atoms with Crippen molar-refractivity contribution in [2.75, 3.05) is 0 Å². The van der Waals surface area contributed by atoms with Crippen LogP contribution in [0.4, 0.5) is 0 Å². The van der Waals surface area contributed by atoms with E-state index in [1.165, 1.54) is 11.3 Å². The second kappa shape index (κ2) is 3.51. The van der Waals surface area contributed by atoms with E-state index >= 15 is 0 Å². The van der Waals surface area contributed by atoms with Gasteiger partial charge in [0, 0.05) is 25.0 Å². The number of nitrogens with zero attached hydrogens (tertiary/aromatic N) is 3. The van der Waals surface area contributed by atoms with Crippen molar-refractivity contribution in [2.24, 2.45) is 7.05 Å². The molecule has 1 atom stereocenters. The molecule has 2 heterocycles. The number of aromatic nitrogens is 3. The Morgan fingerprint density at radius 1 is 1.50 bits per heavy atom. The number of rotatable bonds is 2. The standard InChI is InChI=1S/C9H11N3OS/c1-6-10-4-8(14-6)9(13)7-3-11-12(2)5-7/h3-5,9,13H,1-2H3. The summed E-state index contributed by atoms with van der Waals surface area (Å²) < 4.78 is 1.67. The van der Waals surface area contributed by atoms with E-state index in [1.807, 2.05) is 14.0 Å². The van der Waals surface area contributed by atoms with Gasteiger partial charge in [-0.2, -0.15) is 5.10 Å². The average Bonchev–Trinajstić information content (AvgIpc) is 2.73. The number of thiazole rings is 1. The largest absolute Gasteiger partial charge is 0.383 e. The van der Waals surface area contributed by atoms with Crippen molar-refractivity contribution in [3.8, 4) is 0 Å². The first-order chi connectivity index (χ1) is 6.66. The topological polar surface area (TPSA) is 50.9 Å². The highest BCUT2D eigenvalue weighted by Crippen LogP contribution is 2.25.